The summed E-state index contributed by atoms with van der Waals surface area (Å²) in [5.74, 6) is -0.564. The van der Waals surface area contributed by atoms with Gasteiger partial charge < -0.3 is 9.64 Å². The summed E-state index contributed by atoms with van der Waals surface area (Å²) in [6, 6.07) is 9.66. The first kappa shape index (κ1) is 15.6. The van der Waals surface area contributed by atoms with Crippen LogP contribution in [0, 0.1) is 23.2 Å². The fourth-order valence-corrected chi connectivity index (χ4v) is 3.68. The van der Waals surface area contributed by atoms with Crippen LogP contribution < -0.4 is 4.90 Å². The predicted octanol–water partition coefficient (Wildman–Crippen LogP) is 2.73. The molecule has 0 bridgehead atoms. The number of esters is 1. The molecule has 118 valence electrons. The molecule has 5 nitrogen and oxygen atoms in total. The Labute approximate surface area is 138 Å². The molecule has 3 rings (SSSR count). The normalized spacial score (nSPS) is 23.8. The Bertz CT molecular complexity index is 750. The second kappa shape index (κ2) is 6.09. The number of fused-ring (bicyclic) bond motifs is 1. The molecule has 1 aromatic rings. The average Bonchev–Trinajstić information content (AvgIpc) is 3.20. The minimum absolute atomic E-state index is 0.0327. The van der Waals surface area contributed by atoms with Crippen LogP contribution in [0.25, 0.3) is 0 Å². The van der Waals surface area contributed by atoms with E-state index in [0.29, 0.717) is 10.9 Å². The third-order valence-corrected chi connectivity index (χ3v) is 5.34. The monoisotopic (exact) mass is 328 g/mol. The van der Waals surface area contributed by atoms with Crippen molar-refractivity contribution in [1.29, 1.82) is 5.26 Å². The lowest BCUT2D eigenvalue weighted by atomic mass is 10.2. The van der Waals surface area contributed by atoms with Crippen LogP contribution in [0.2, 0.25) is 0 Å². The topological polar surface area (TPSA) is 70.4 Å². The van der Waals surface area contributed by atoms with Crippen molar-refractivity contribution in [2.45, 2.75) is 18.2 Å². The van der Waals surface area contributed by atoms with Gasteiger partial charge in [-0.25, -0.2) is 0 Å². The van der Waals surface area contributed by atoms with E-state index >= 15 is 0 Å². The van der Waals surface area contributed by atoms with Crippen molar-refractivity contribution in [3.05, 3.63) is 34.9 Å². The summed E-state index contributed by atoms with van der Waals surface area (Å²) in [6.45, 7) is 1.59. The lowest BCUT2D eigenvalue weighted by Crippen LogP contribution is -2.20. The van der Waals surface area contributed by atoms with Crippen LogP contribution in [0.15, 0.2) is 39.8 Å². The number of anilines is 1. The van der Waals surface area contributed by atoms with Crippen LogP contribution in [0.4, 0.5) is 5.69 Å². The zero-order valence-corrected chi connectivity index (χ0v) is 13.7. The maximum Gasteiger partial charge on any atom is 0.309 e. The highest BCUT2D eigenvalue weighted by Crippen LogP contribution is 2.46. The number of carbonyl (C=O) groups excluding carboxylic acids is 2. The number of para-hydroxylation sites is 1. The van der Waals surface area contributed by atoms with E-state index in [4.69, 9.17) is 4.74 Å². The first-order chi connectivity index (χ1) is 11.0. The number of rotatable bonds is 4. The maximum absolute atomic E-state index is 12.3. The molecular formula is C17H16N2O3S. The molecule has 1 aromatic carbocycles. The highest BCUT2D eigenvalue weighted by molar-refractivity contribution is 8.03. The van der Waals surface area contributed by atoms with Gasteiger partial charge in [-0.1, -0.05) is 30.8 Å². The predicted molar refractivity (Wildman–Crippen MR) is 86.6 cm³/mol. The van der Waals surface area contributed by atoms with Crippen molar-refractivity contribution >= 4 is 29.2 Å². The van der Waals surface area contributed by atoms with Crippen molar-refractivity contribution in [2.24, 2.45) is 11.8 Å². The number of thioether (sulfide) groups is 1. The fourth-order valence-electron chi connectivity index (χ4n) is 2.52. The minimum Gasteiger partial charge on any atom is -0.457 e. The van der Waals surface area contributed by atoms with Gasteiger partial charge in [-0.2, -0.15) is 5.26 Å². The molecule has 0 radical (unpaired) electrons. The molecule has 1 saturated carbocycles. The van der Waals surface area contributed by atoms with Gasteiger partial charge in [0, 0.05) is 11.9 Å². The van der Waals surface area contributed by atoms with E-state index in [0.717, 1.165) is 17.0 Å². The Morgan fingerprint density at radius 2 is 2.13 bits per heavy atom. The minimum atomic E-state index is -0.462. The summed E-state index contributed by atoms with van der Waals surface area (Å²) in [7, 11) is 1.82. The van der Waals surface area contributed by atoms with Gasteiger partial charge >= 0.3 is 5.97 Å². The van der Waals surface area contributed by atoms with E-state index in [1.165, 1.54) is 11.8 Å². The summed E-state index contributed by atoms with van der Waals surface area (Å²) in [6.07, 6.45) is 0.813. The fraction of sp³-hybridized carbons (Fsp3) is 0.353. The molecule has 0 amide bonds. The van der Waals surface area contributed by atoms with E-state index in [2.05, 4.69) is 0 Å². The average molecular weight is 328 g/mol. The lowest BCUT2D eigenvalue weighted by molar-refractivity contribution is -0.148. The Kier molecular flexibility index (Phi) is 4.14. The zero-order valence-electron chi connectivity index (χ0n) is 12.9. The largest absolute Gasteiger partial charge is 0.457 e. The molecule has 1 aliphatic heterocycles. The number of ether oxygens (including phenoxy) is 1. The number of nitrogens with zero attached hydrogens (tertiary/aromatic N) is 2. The highest BCUT2D eigenvalue weighted by atomic mass is 32.2. The van der Waals surface area contributed by atoms with Crippen LogP contribution in [0.1, 0.15) is 13.3 Å². The molecule has 2 atom stereocenters. The Morgan fingerprint density at radius 1 is 1.43 bits per heavy atom. The van der Waals surface area contributed by atoms with Crippen LogP contribution >= 0.6 is 11.8 Å². The first-order valence-electron chi connectivity index (χ1n) is 7.37. The van der Waals surface area contributed by atoms with Crippen LogP contribution in [0.3, 0.4) is 0 Å². The molecule has 0 aromatic heterocycles. The van der Waals surface area contributed by atoms with Crippen molar-refractivity contribution in [2.75, 3.05) is 18.6 Å². The molecule has 1 aliphatic carbocycles. The summed E-state index contributed by atoms with van der Waals surface area (Å²) < 4.78 is 5.05. The number of hydrogen-bond acceptors (Lipinski definition) is 6. The molecule has 6 heteroatoms. The van der Waals surface area contributed by atoms with Crippen LogP contribution in [-0.4, -0.2) is 25.4 Å². The molecule has 0 saturated heterocycles. The van der Waals surface area contributed by atoms with Gasteiger partial charge in [0.15, 0.2) is 6.61 Å². The molecule has 23 heavy (non-hydrogen) atoms. The third kappa shape index (κ3) is 2.97. The molecule has 2 aliphatic rings. The quantitative estimate of drug-likeness (QED) is 0.481. The molecule has 0 spiro atoms. The van der Waals surface area contributed by atoms with Crippen molar-refractivity contribution in [1.82, 2.24) is 0 Å². The zero-order chi connectivity index (χ0) is 16.6. The smallest absolute Gasteiger partial charge is 0.309 e. The number of hydrogen-bond donors (Lipinski definition) is 0. The number of benzene rings is 1. The van der Waals surface area contributed by atoms with Crippen molar-refractivity contribution < 1.29 is 14.3 Å². The van der Waals surface area contributed by atoms with E-state index in [1.54, 1.807) is 0 Å². The number of carbonyl (C=O) groups is 2. The summed E-state index contributed by atoms with van der Waals surface area (Å²) in [5.41, 5.74) is 0.988. The maximum atomic E-state index is 12.3. The summed E-state index contributed by atoms with van der Waals surface area (Å²) in [4.78, 5) is 26.8. The van der Waals surface area contributed by atoms with Crippen molar-refractivity contribution in [3.8, 4) is 6.07 Å². The van der Waals surface area contributed by atoms with E-state index in [-0.39, 0.29) is 24.1 Å². The van der Waals surface area contributed by atoms with Gasteiger partial charge in [0.05, 0.1) is 11.6 Å². The highest BCUT2D eigenvalue weighted by Gasteiger charge is 2.41. The number of ketones is 1. The van der Waals surface area contributed by atoms with Crippen molar-refractivity contribution in [3.63, 3.8) is 0 Å². The Balaban J connectivity index is 1.73. The lowest BCUT2D eigenvalue weighted by Gasteiger charge is -2.14. The van der Waals surface area contributed by atoms with E-state index in [9.17, 15) is 14.9 Å². The molecule has 1 fully saturated rings. The van der Waals surface area contributed by atoms with E-state index < -0.39 is 5.78 Å². The molecule has 0 unspecified atom stereocenters. The molecule has 1 heterocycles. The van der Waals surface area contributed by atoms with Gasteiger partial charge in [0.1, 0.15) is 16.7 Å². The van der Waals surface area contributed by atoms with Crippen LogP contribution in [-0.2, 0) is 14.3 Å². The van der Waals surface area contributed by atoms with Crippen LogP contribution in [0.5, 0.6) is 0 Å². The van der Waals surface area contributed by atoms with Gasteiger partial charge in [-0.15, -0.1) is 0 Å². The Morgan fingerprint density at radius 3 is 2.74 bits per heavy atom. The number of nitriles is 1. The number of Topliss-reactive ketones (excluding diaryl/α,β-unsaturated/α-hetero) is 1. The standard InChI is InChI=1S/C17H16N2O3S/c1-10-7-11(10)17(21)22-9-14(20)12(8-18)16-19(2)13-5-3-4-6-15(13)23-16/h3-6,10-11H,7,9H2,1-2H3/b16-12-/t10-,11-/m1/s1. The van der Waals surface area contributed by atoms with Gasteiger partial charge in [-0.3, -0.25) is 9.59 Å². The van der Waals surface area contributed by atoms with Gasteiger partial charge in [0.2, 0.25) is 5.78 Å². The second-order valence-corrected chi connectivity index (χ2v) is 6.80. The molecule has 0 N–H and O–H groups in total. The SMILES string of the molecule is C[C@@H]1C[C@H]1C(=O)OCC(=O)/C(C#N)=C1\Sc2ccccc2N1C. The summed E-state index contributed by atoms with van der Waals surface area (Å²) >= 11 is 1.38. The molecular weight excluding hydrogens is 312 g/mol. The Hall–Kier alpha value is -2.26. The van der Waals surface area contributed by atoms with Gasteiger partial charge in [-0.05, 0) is 24.5 Å². The van der Waals surface area contributed by atoms with Gasteiger partial charge in [0.25, 0.3) is 0 Å². The van der Waals surface area contributed by atoms with E-state index in [1.807, 2.05) is 49.2 Å². The second-order valence-electron chi connectivity index (χ2n) is 5.77. The first-order valence-corrected chi connectivity index (χ1v) is 8.19. The summed E-state index contributed by atoms with van der Waals surface area (Å²) in [5, 5.41) is 9.95. The third-order valence-electron chi connectivity index (χ3n) is 4.10.